The van der Waals surface area contributed by atoms with E-state index in [4.69, 9.17) is 0 Å². The lowest BCUT2D eigenvalue weighted by Gasteiger charge is -2.32. The maximum absolute atomic E-state index is 11.6. The van der Waals surface area contributed by atoms with E-state index in [2.05, 4.69) is 10.6 Å². The van der Waals surface area contributed by atoms with Gasteiger partial charge in [0.05, 0.1) is 17.5 Å². The van der Waals surface area contributed by atoms with Gasteiger partial charge in [-0.3, -0.25) is 0 Å². The highest BCUT2D eigenvalue weighted by atomic mass is 32.2. The fourth-order valence-corrected chi connectivity index (χ4v) is 2.77. The van der Waals surface area contributed by atoms with Crippen molar-refractivity contribution in [3.8, 4) is 0 Å². The fourth-order valence-electron chi connectivity index (χ4n) is 1.57. The fraction of sp³-hybridized carbons (Fsp3) is 0.875. The number of carbonyl (C=O) groups is 1. The van der Waals surface area contributed by atoms with Crippen LogP contribution >= 0.6 is 0 Å². The lowest BCUT2D eigenvalue weighted by atomic mass is 10.2. The largest absolute Gasteiger partial charge is 0.333 e. The zero-order valence-corrected chi connectivity index (χ0v) is 9.22. The van der Waals surface area contributed by atoms with Gasteiger partial charge in [0, 0.05) is 26.2 Å². The van der Waals surface area contributed by atoms with E-state index < -0.39 is 9.84 Å². The number of carbonyl (C=O) groups excluding carboxylic acids is 1. The van der Waals surface area contributed by atoms with Crippen LogP contribution in [0.5, 0.6) is 0 Å². The standard InChI is InChI=1S/C8H15N3O3S/c12-8(10-7-5-9-6-7)11-1-3-15(13,14)4-2-11/h7,9H,1-6H2,(H,10,12). The molecule has 0 aromatic carbocycles. The van der Waals surface area contributed by atoms with Gasteiger partial charge in [-0.2, -0.15) is 0 Å². The molecule has 2 amide bonds. The molecular weight excluding hydrogens is 218 g/mol. The summed E-state index contributed by atoms with van der Waals surface area (Å²) >= 11 is 0. The number of hydrogen-bond acceptors (Lipinski definition) is 4. The minimum Gasteiger partial charge on any atom is -0.333 e. The van der Waals surface area contributed by atoms with Crippen molar-refractivity contribution in [2.45, 2.75) is 6.04 Å². The second-order valence-electron chi connectivity index (χ2n) is 3.94. The monoisotopic (exact) mass is 233 g/mol. The van der Waals surface area contributed by atoms with E-state index in [0.29, 0.717) is 13.1 Å². The third kappa shape index (κ3) is 2.60. The third-order valence-electron chi connectivity index (χ3n) is 2.74. The molecule has 2 aliphatic rings. The first-order valence-electron chi connectivity index (χ1n) is 5.03. The van der Waals surface area contributed by atoms with Crippen molar-refractivity contribution in [2.24, 2.45) is 0 Å². The highest BCUT2D eigenvalue weighted by molar-refractivity contribution is 7.91. The Balaban J connectivity index is 1.81. The molecule has 0 aromatic heterocycles. The lowest BCUT2D eigenvalue weighted by molar-refractivity contribution is 0.193. The summed E-state index contributed by atoms with van der Waals surface area (Å²) in [5, 5.41) is 5.90. The van der Waals surface area contributed by atoms with Crippen LogP contribution in [0.3, 0.4) is 0 Å². The molecule has 7 heteroatoms. The summed E-state index contributed by atoms with van der Waals surface area (Å²) in [6, 6.07) is 0.0624. The summed E-state index contributed by atoms with van der Waals surface area (Å²) in [4.78, 5) is 13.2. The molecule has 2 saturated heterocycles. The van der Waals surface area contributed by atoms with Gasteiger partial charge in [0.2, 0.25) is 0 Å². The van der Waals surface area contributed by atoms with Gasteiger partial charge in [0.1, 0.15) is 0 Å². The van der Waals surface area contributed by atoms with Crippen molar-refractivity contribution in [1.82, 2.24) is 15.5 Å². The number of amides is 2. The molecular formula is C8H15N3O3S. The van der Waals surface area contributed by atoms with Gasteiger partial charge in [-0.15, -0.1) is 0 Å². The van der Waals surface area contributed by atoms with Crippen molar-refractivity contribution in [2.75, 3.05) is 37.7 Å². The summed E-state index contributed by atoms with van der Waals surface area (Å²) in [6.07, 6.45) is 0. The molecule has 2 heterocycles. The summed E-state index contributed by atoms with van der Waals surface area (Å²) < 4.78 is 22.3. The first-order valence-corrected chi connectivity index (χ1v) is 6.85. The van der Waals surface area contributed by atoms with E-state index in [1.807, 2.05) is 0 Å². The Hall–Kier alpha value is -0.820. The van der Waals surface area contributed by atoms with Gasteiger partial charge in [-0.25, -0.2) is 13.2 Å². The molecule has 2 rings (SSSR count). The van der Waals surface area contributed by atoms with Gasteiger partial charge in [-0.1, -0.05) is 0 Å². The summed E-state index contributed by atoms with van der Waals surface area (Å²) in [6.45, 7) is 2.23. The van der Waals surface area contributed by atoms with Crippen molar-refractivity contribution in [3.63, 3.8) is 0 Å². The number of hydrogen-bond donors (Lipinski definition) is 2. The van der Waals surface area contributed by atoms with Crippen LogP contribution in [-0.2, 0) is 9.84 Å². The van der Waals surface area contributed by atoms with E-state index in [0.717, 1.165) is 13.1 Å². The third-order valence-corrected chi connectivity index (χ3v) is 4.35. The summed E-state index contributed by atoms with van der Waals surface area (Å²) in [5.74, 6) is 0.173. The second-order valence-corrected chi connectivity index (χ2v) is 6.25. The van der Waals surface area contributed by atoms with Crippen LogP contribution < -0.4 is 10.6 Å². The van der Waals surface area contributed by atoms with Crippen LogP contribution in [0.1, 0.15) is 0 Å². The molecule has 15 heavy (non-hydrogen) atoms. The average Bonchev–Trinajstić information content (AvgIpc) is 2.11. The minimum atomic E-state index is -2.90. The molecule has 0 bridgehead atoms. The maximum Gasteiger partial charge on any atom is 0.317 e. The number of nitrogens with one attached hydrogen (secondary N) is 2. The Morgan fingerprint density at radius 2 is 1.87 bits per heavy atom. The number of rotatable bonds is 1. The Morgan fingerprint density at radius 1 is 1.27 bits per heavy atom. The molecule has 0 spiro atoms. The lowest BCUT2D eigenvalue weighted by Crippen LogP contribution is -2.60. The van der Waals surface area contributed by atoms with Crippen molar-refractivity contribution < 1.29 is 13.2 Å². The van der Waals surface area contributed by atoms with Crippen LogP contribution in [0.4, 0.5) is 4.79 Å². The van der Waals surface area contributed by atoms with Crippen LogP contribution in [0.25, 0.3) is 0 Å². The molecule has 0 aliphatic carbocycles. The predicted molar refractivity (Wildman–Crippen MR) is 55.4 cm³/mol. The normalized spacial score (nSPS) is 25.7. The van der Waals surface area contributed by atoms with Crippen molar-refractivity contribution in [3.05, 3.63) is 0 Å². The van der Waals surface area contributed by atoms with Crippen molar-refractivity contribution in [1.29, 1.82) is 0 Å². The Morgan fingerprint density at radius 3 is 2.33 bits per heavy atom. The van der Waals surface area contributed by atoms with E-state index in [1.165, 1.54) is 0 Å². The highest BCUT2D eigenvalue weighted by Crippen LogP contribution is 2.04. The van der Waals surface area contributed by atoms with Gasteiger partial charge >= 0.3 is 6.03 Å². The van der Waals surface area contributed by atoms with Crippen LogP contribution in [0, 0.1) is 0 Å². The van der Waals surface area contributed by atoms with Crippen LogP contribution in [0.15, 0.2) is 0 Å². The van der Waals surface area contributed by atoms with Gasteiger partial charge in [0.25, 0.3) is 0 Å². The second kappa shape index (κ2) is 3.97. The maximum atomic E-state index is 11.6. The predicted octanol–water partition coefficient (Wildman–Crippen LogP) is -1.60. The van der Waals surface area contributed by atoms with E-state index >= 15 is 0 Å². The molecule has 2 fully saturated rings. The Kier molecular flexibility index (Phi) is 2.83. The van der Waals surface area contributed by atoms with E-state index in [-0.39, 0.29) is 23.6 Å². The number of sulfone groups is 1. The zero-order chi connectivity index (χ0) is 10.9. The Bertz CT molecular complexity index is 336. The smallest absolute Gasteiger partial charge is 0.317 e. The highest BCUT2D eigenvalue weighted by Gasteiger charge is 2.27. The molecule has 86 valence electrons. The topological polar surface area (TPSA) is 78.5 Å². The van der Waals surface area contributed by atoms with Crippen LogP contribution in [-0.4, -0.2) is 63.1 Å². The first-order chi connectivity index (χ1) is 7.07. The molecule has 0 saturated carbocycles. The van der Waals surface area contributed by atoms with Gasteiger partial charge in [-0.05, 0) is 0 Å². The van der Waals surface area contributed by atoms with Gasteiger partial charge in [0.15, 0.2) is 9.84 Å². The first kappa shape index (κ1) is 10.7. The molecule has 6 nitrogen and oxygen atoms in total. The Labute approximate surface area is 88.9 Å². The number of urea groups is 1. The summed E-state index contributed by atoms with van der Waals surface area (Å²) in [7, 11) is -2.90. The summed E-state index contributed by atoms with van der Waals surface area (Å²) in [5.41, 5.74) is 0. The molecule has 0 radical (unpaired) electrons. The molecule has 0 atom stereocenters. The minimum absolute atomic E-state index is 0.0866. The van der Waals surface area contributed by atoms with Gasteiger partial charge < -0.3 is 15.5 Å². The van der Waals surface area contributed by atoms with Crippen molar-refractivity contribution >= 4 is 15.9 Å². The average molecular weight is 233 g/mol. The zero-order valence-electron chi connectivity index (χ0n) is 8.40. The van der Waals surface area contributed by atoms with E-state index in [9.17, 15) is 13.2 Å². The quantitative estimate of drug-likeness (QED) is 0.571. The van der Waals surface area contributed by atoms with E-state index in [1.54, 1.807) is 4.90 Å². The molecule has 0 unspecified atom stereocenters. The SMILES string of the molecule is O=C(NC1CNC1)N1CCS(=O)(=O)CC1. The molecule has 0 aromatic rings. The number of nitrogens with zero attached hydrogens (tertiary/aromatic N) is 1. The van der Waals surface area contributed by atoms with Crippen LogP contribution in [0.2, 0.25) is 0 Å². The molecule has 2 aliphatic heterocycles. The molecule has 2 N–H and O–H groups in total.